The van der Waals surface area contributed by atoms with Crippen LogP contribution in [-0.4, -0.2) is 18.3 Å². The van der Waals surface area contributed by atoms with Gasteiger partial charge in [-0.1, -0.05) is 140 Å². The number of halogens is 3. The zero-order valence-corrected chi connectivity index (χ0v) is 51.2. The normalized spacial score (nSPS) is 11.6. The Kier molecular flexibility index (Phi) is 13.5. The van der Waals surface area contributed by atoms with Crippen molar-refractivity contribution in [3.63, 3.8) is 0 Å². The molecule has 0 aliphatic carbocycles. The van der Waals surface area contributed by atoms with Crippen LogP contribution in [0.4, 0.5) is 30.2 Å². The molecule has 4 aromatic heterocycles. The molecule has 0 spiro atoms. The quantitative estimate of drug-likeness (QED) is 0.153. The average molecular weight is 1210 g/mol. The van der Waals surface area contributed by atoms with Gasteiger partial charge in [0.2, 0.25) is 11.4 Å². The van der Waals surface area contributed by atoms with E-state index in [1.165, 1.54) is 22.4 Å². The van der Waals surface area contributed by atoms with Crippen LogP contribution in [-0.2, 0) is 6.18 Å². The molecule has 0 bridgehead atoms. The standard InChI is InChI=1S/C41H25F3N4.C41H28N4/c1-24-13-16-30-28-9-5-7-11-35(28)47(37(30)19-24)39-23-34(46-4)40(22-32(39)27-18-15-26(41(42,43)44)21-33(27)45-3)48-36-12-8-6-10-29(36)31-17-14-25(2)20-38(31)48;1-25-13-16-32-30-9-5-7-11-36(30)44(38(32)19-25)40-23-35(43-4)41(22-34(40)29-18-15-28(24-42)21-27(29)3)45-37-12-8-6-10-31(37)33-17-14-26(2)20-39(33)45/h5-23H,1-2H3;5-23H,1-3H3. The van der Waals surface area contributed by atoms with E-state index in [4.69, 9.17) is 19.7 Å². The second kappa shape index (κ2) is 22.0. The van der Waals surface area contributed by atoms with Gasteiger partial charge in [0, 0.05) is 65.6 Å². The minimum absolute atomic E-state index is 0.123. The lowest BCUT2D eigenvalue weighted by Gasteiger charge is -2.20. The highest BCUT2D eigenvalue weighted by molar-refractivity contribution is 6.14. The van der Waals surface area contributed by atoms with E-state index in [1.807, 2.05) is 98.8 Å². The number of nitrogens with zero attached hydrogens (tertiary/aromatic N) is 8. The Morgan fingerprint density at radius 1 is 0.323 bits per heavy atom. The van der Waals surface area contributed by atoms with Crippen LogP contribution in [0.1, 0.15) is 38.9 Å². The summed E-state index contributed by atoms with van der Waals surface area (Å²) in [6.07, 6.45) is -4.61. The summed E-state index contributed by atoms with van der Waals surface area (Å²) in [6, 6.07) is 77.7. The highest BCUT2D eigenvalue weighted by Gasteiger charge is 2.32. The third-order valence-corrected chi connectivity index (χ3v) is 18.1. The smallest absolute Gasteiger partial charge is 0.319 e. The topological polar surface area (TPSA) is 56.6 Å². The van der Waals surface area contributed by atoms with Crippen molar-refractivity contribution in [2.75, 3.05) is 0 Å². The van der Waals surface area contributed by atoms with Crippen LogP contribution in [0, 0.1) is 65.7 Å². The Hall–Kier alpha value is -12.4. The molecule has 0 atom stereocenters. The molecule has 0 aliphatic heterocycles. The first-order valence-corrected chi connectivity index (χ1v) is 30.4. The number of hydrogen-bond acceptors (Lipinski definition) is 1. The molecule has 11 heteroatoms. The van der Waals surface area contributed by atoms with E-state index >= 15 is 0 Å². The summed E-state index contributed by atoms with van der Waals surface area (Å²) in [5, 5.41) is 18.4. The molecule has 0 radical (unpaired) electrons. The number of nitriles is 1. The number of aryl methyl sites for hydroxylation is 5. The maximum Gasteiger partial charge on any atom is 0.415 e. The van der Waals surface area contributed by atoms with E-state index in [0.29, 0.717) is 39.4 Å². The molecule has 0 N–H and O–H groups in total. The number of rotatable bonds is 6. The van der Waals surface area contributed by atoms with Gasteiger partial charge in [-0.3, -0.25) is 0 Å². The van der Waals surface area contributed by atoms with Crippen molar-refractivity contribution in [1.29, 1.82) is 5.26 Å². The van der Waals surface area contributed by atoms with Crippen LogP contribution >= 0.6 is 0 Å². The Morgan fingerprint density at radius 2 is 0.656 bits per heavy atom. The number of alkyl halides is 3. The predicted octanol–water partition coefficient (Wildman–Crippen LogP) is 23.2. The summed E-state index contributed by atoms with van der Waals surface area (Å²) < 4.78 is 50.2. The first kappa shape index (κ1) is 57.1. The summed E-state index contributed by atoms with van der Waals surface area (Å²) in [4.78, 5) is 11.8. The second-order valence-corrected chi connectivity index (χ2v) is 23.9. The van der Waals surface area contributed by atoms with Gasteiger partial charge >= 0.3 is 6.18 Å². The van der Waals surface area contributed by atoms with E-state index in [9.17, 15) is 18.4 Å². The van der Waals surface area contributed by atoms with E-state index in [1.54, 1.807) is 0 Å². The van der Waals surface area contributed by atoms with Gasteiger partial charge in [0.15, 0.2) is 5.69 Å². The van der Waals surface area contributed by atoms with Crippen LogP contribution in [0.15, 0.2) is 231 Å². The SMILES string of the molecule is [C-]#[N+]c1cc(-n2c3ccccc3c3ccc(C)cc32)c(-c2ccc(C#N)cc2C)cc1-n1c2ccccc2c2ccc(C)cc21.[C-]#[N+]c1cc(C(F)(F)F)ccc1-c1cc(-n2c3ccccc3c3ccc(C)cc32)c([N+]#[C-])cc1-n1c2ccccc2c2ccc(C)cc21. The van der Waals surface area contributed by atoms with Gasteiger partial charge in [-0.2, -0.15) is 18.4 Å². The van der Waals surface area contributed by atoms with Crippen molar-refractivity contribution < 1.29 is 13.2 Å². The van der Waals surface area contributed by atoms with E-state index < -0.39 is 11.7 Å². The van der Waals surface area contributed by atoms with Crippen molar-refractivity contribution >= 4 is 104 Å². The fourth-order valence-electron chi connectivity index (χ4n) is 13.9. The fraction of sp³-hybridized carbons (Fsp3) is 0.0732. The van der Waals surface area contributed by atoms with E-state index in [2.05, 4.69) is 187 Å². The Bertz CT molecular complexity index is 6060. The van der Waals surface area contributed by atoms with Crippen LogP contribution < -0.4 is 0 Å². The number of benzene rings is 12. The van der Waals surface area contributed by atoms with Gasteiger partial charge < -0.3 is 18.3 Å². The van der Waals surface area contributed by atoms with Crippen molar-refractivity contribution in [1.82, 2.24) is 18.3 Å². The monoisotopic (exact) mass is 1210 g/mol. The van der Waals surface area contributed by atoms with Crippen molar-refractivity contribution in [2.45, 2.75) is 40.8 Å². The molecule has 4 heterocycles. The minimum atomic E-state index is -4.61. The first-order valence-electron chi connectivity index (χ1n) is 30.4. The zero-order valence-electron chi connectivity index (χ0n) is 51.2. The molecule has 16 rings (SSSR count). The van der Waals surface area contributed by atoms with Crippen LogP contribution in [0.2, 0.25) is 0 Å². The number of fused-ring (bicyclic) bond motifs is 12. The Balaban J connectivity index is 0.000000154. The van der Waals surface area contributed by atoms with Crippen molar-refractivity contribution in [3.8, 4) is 51.1 Å². The molecule has 8 nitrogen and oxygen atoms in total. The average Bonchev–Trinajstić information content (AvgIpc) is 1.63. The molecule has 0 saturated heterocycles. The summed E-state index contributed by atoms with van der Waals surface area (Å²) in [5.74, 6) is 0. The maximum atomic E-state index is 13.9. The maximum absolute atomic E-state index is 13.9. The summed E-state index contributed by atoms with van der Waals surface area (Å²) in [6.45, 7) is 35.2. The lowest BCUT2D eigenvalue weighted by atomic mass is 9.95. The highest BCUT2D eigenvalue weighted by atomic mass is 19.4. The highest BCUT2D eigenvalue weighted by Crippen LogP contribution is 2.48. The Morgan fingerprint density at radius 3 is 1.00 bits per heavy atom. The molecule has 93 heavy (non-hydrogen) atoms. The lowest BCUT2D eigenvalue weighted by molar-refractivity contribution is -0.137. The first-order chi connectivity index (χ1) is 45.1. The molecular weight excluding hydrogens is 1150 g/mol. The molecular formula is C82H53F3N8. The summed E-state index contributed by atoms with van der Waals surface area (Å²) >= 11 is 0. The van der Waals surface area contributed by atoms with Gasteiger partial charge in [0.1, 0.15) is 0 Å². The molecule has 0 aliphatic rings. The van der Waals surface area contributed by atoms with Crippen molar-refractivity contribution in [3.05, 3.63) is 304 Å². The summed E-state index contributed by atoms with van der Waals surface area (Å²) in [7, 11) is 0. The molecule has 0 amide bonds. The lowest BCUT2D eigenvalue weighted by Crippen LogP contribution is -2.05. The van der Waals surface area contributed by atoms with Gasteiger partial charge in [-0.15, -0.1) is 0 Å². The van der Waals surface area contributed by atoms with Crippen molar-refractivity contribution in [2.24, 2.45) is 0 Å². The largest absolute Gasteiger partial charge is 0.415 e. The minimum Gasteiger partial charge on any atom is -0.319 e. The number of para-hydroxylation sites is 4. The fourth-order valence-corrected chi connectivity index (χ4v) is 13.9. The van der Waals surface area contributed by atoms with Crippen LogP contribution in [0.5, 0.6) is 0 Å². The van der Waals surface area contributed by atoms with Gasteiger partial charge in [-0.25, -0.2) is 14.5 Å². The second-order valence-electron chi connectivity index (χ2n) is 23.9. The molecule has 0 saturated carbocycles. The van der Waals surface area contributed by atoms with E-state index in [0.717, 1.165) is 133 Å². The van der Waals surface area contributed by atoms with Crippen LogP contribution in [0.25, 0.3) is 147 Å². The molecule has 442 valence electrons. The molecule has 12 aromatic carbocycles. The molecule has 16 aromatic rings. The molecule has 0 unspecified atom stereocenters. The van der Waals surface area contributed by atoms with Crippen LogP contribution in [0.3, 0.4) is 0 Å². The third-order valence-electron chi connectivity index (χ3n) is 18.1. The number of aromatic nitrogens is 4. The predicted molar refractivity (Wildman–Crippen MR) is 373 cm³/mol. The summed E-state index contributed by atoms with van der Waals surface area (Å²) in [5.41, 5.74) is 19.7. The van der Waals surface area contributed by atoms with Gasteiger partial charge in [0.05, 0.1) is 86.9 Å². The molecule has 0 fully saturated rings. The van der Waals surface area contributed by atoms with E-state index in [-0.39, 0.29) is 5.69 Å². The Labute approximate surface area is 533 Å². The third kappa shape index (κ3) is 9.25. The van der Waals surface area contributed by atoms with Gasteiger partial charge in [0.25, 0.3) is 0 Å². The van der Waals surface area contributed by atoms with Gasteiger partial charge in [-0.05, 0) is 170 Å². The zero-order chi connectivity index (χ0) is 64.1. The number of hydrogen-bond donors (Lipinski definition) is 0.